The lowest BCUT2D eigenvalue weighted by molar-refractivity contribution is 0.102. The Labute approximate surface area is 190 Å². The number of pyridine rings is 1. The maximum Gasteiger partial charge on any atom is 0.257 e. The van der Waals surface area contributed by atoms with E-state index in [0.717, 1.165) is 29.5 Å². The minimum Gasteiger partial charge on any atom is -0.322 e. The van der Waals surface area contributed by atoms with Gasteiger partial charge in [0.2, 0.25) is 0 Å². The number of hydrogen-bond donors (Lipinski definition) is 2. The van der Waals surface area contributed by atoms with Crippen LogP contribution in [0, 0.1) is 5.92 Å². The first-order chi connectivity index (χ1) is 15.7. The number of aromatic nitrogens is 3. The van der Waals surface area contributed by atoms with E-state index >= 15 is 0 Å². The third-order valence-electron chi connectivity index (χ3n) is 6.35. The number of nitrogens with zero attached hydrogens (tertiary/aromatic N) is 3. The lowest BCUT2D eigenvalue weighted by atomic mass is 9.93. The highest BCUT2D eigenvalue weighted by Crippen LogP contribution is 2.26. The van der Waals surface area contributed by atoms with E-state index in [1.165, 1.54) is 44.9 Å². The second kappa shape index (κ2) is 11.0. The van der Waals surface area contributed by atoms with Crippen LogP contribution in [0.15, 0.2) is 61.3 Å². The van der Waals surface area contributed by atoms with Gasteiger partial charge >= 0.3 is 0 Å². The van der Waals surface area contributed by atoms with E-state index in [2.05, 4.69) is 33.6 Å². The molecule has 2 N–H and O–H groups in total. The fourth-order valence-corrected chi connectivity index (χ4v) is 4.53. The number of nitrogens with one attached hydrogen (secondary N) is 2. The zero-order valence-corrected chi connectivity index (χ0v) is 18.8. The minimum absolute atomic E-state index is 0.159. The zero-order valence-electron chi connectivity index (χ0n) is 18.8. The van der Waals surface area contributed by atoms with Crippen molar-refractivity contribution in [3.05, 3.63) is 72.4 Å². The number of para-hydroxylation sites is 1. The summed E-state index contributed by atoms with van der Waals surface area (Å²) in [5.74, 6) is 1.41. The molecule has 2 heterocycles. The average molecular weight is 432 g/mol. The average Bonchev–Trinajstić information content (AvgIpc) is 3.24. The maximum absolute atomic E-state index is 12.8. The van der Waals surface area contributed by atoms with Crippen LogP contribution in [0.5, 0.6) is 0 Å². The standard InChI is InChI=1S/C26H33N5O/c1-20(16-21-8-4-2-3-5-9-21)28-17-22-10-6-7-11-24(22)30-26(32)23-12-13-25(29-18-23)31-15-14-27-19-31/h6-7,10-15,18-21,28H,2-5,8-9,16-17H2,1H3,(H,30,32). The second-order valence-electron chi connectivity index (χ2n) is 8.86. The summed E-state index contributed by atoms with van der Waals surface area (Å²) >= 11 is 0. The topological polar surface area (TPSA) is 71.8 Å². The van der Waals surface area contributed by atoms with Gasteiger partial charge in [-0.2, -0.15) is 0 Å². The fourth-order valence-electron chi connectivity index (χ4n) is 4.53. The van der Waals surface area contributed by atoms with Gasteiger partial charge in [-0.3, -0.25) is 9.36 Å². The lowest BCUT2D eigenvalue weighted by Crippen LogP contribution is -2.28. The quantitative estimate of drug-likeness (QED) is 0.471. The number of carbonyl (C=O) groups is 1. The molecule has 1 unspecified atom stereocenters. The summed E-state index contributed by atoms with van der Waals surface area (Å²) in [7, 11) is 0. The van der Waals surface area contributed by atoms with Gasteiger partial charge in [0.25, 0.3) is 5.91 Å². The van der Waals surface area contributed by atoms with Crippen LogP contribution in [0.25, 0.3) is 5.82 Å². The summed E-state index contributed by atoms with van der Waals surface area (Å²) in [5, 5.41) is 6.73. The van der Waals surface area contributed by atoms with Gasteiger partial charge < -0.3 is 10.6 Å². The molecular weight excluding hydrogens is 398 g/mol. The van der Waals surface area contributed by atoms with Crippen LogP contribution in [0.2, 0.25) is 0 Å². The number of carbonyl (C=O) groups excluding carboxylic acids is 1. The molecule has 1 aliphatic carbocycles. The third kappa shape index (κ3) is 6.04. The van der Waals surface area contributed by atoms with Crippen molar-refractivity contribution in [1.29, 1.82) is 0 Å². The Morgan fingerprint density at radius 3 is 2.66 bits per heavy atom. The highest BCUT2D eigenvalue weighted by Gasteiger charge is 2.16. The second-order valence-corrected chi connectivity index (χ2v) is 8.86. The van der Waals surface area contributed by atoms with Crippen LogP contribution in [-0.2, 0) is 6.54 Å². The number of amides is 1. The Hall–Kier alpha value is -2.99. The molecule has 6 nitrogen and oxygen atoms in total. The first-order valence-electron chi connectivity index (χ1n) is 11.8. The predicted octanol–water partition coefficient (Wildman–Crippen LogP) is 5.36. The van der Waals surface area contributed by atoms with Crippen molar-refractivity contribution in [2.75, 3.05) is 5.32 Å². The smallest absolute Gasteiger partial charge is 0.257 e. The van der Waals surface area contributed by atoms with Gasteiger partial charge in [0.15, 0.2) is 0 Å². The summed E-state index contributed by atoms with van der Waals surface area (Å²) in [4.78, 5) is 21.2. The molecule has 0 aliphatic heterocycles. The van der Waals surface area contributed by atoms with Gasteiger partial charge in [0.05, 0.1) is 5.56 Å². The minimum atomic E-state index is -0.159. The molecule has 1 atom stereocenters. The highest BCUT2D eigenvalue weighted by molar-refractivity contribution is 6.04. The van der Waals surface area contributed by atoms with Gasteiger partial charge in [-0.15, -0.1) is 0 Å². The van der Waals surface area contributed by atoms with E-state index in [1.807, 2.05) is 30.5 Å². The van der Waals surface area contributed by atoms with Gasteiger partial charge in [-0.05, 0) is 43.0 Å². The van der Waals surface area contributed by atoms with Crippen molar-refractivity contribution in [2.24, 2.45) is 5.92 Å². The number of rotatable bonds is 8. The Bertz CT molecular complexity index is 976. The first kappa shape index (κ1) is 22.2. The summed E-state index contributed by atoms with van der Waals surface area (Å²) < 4.78 is 1.80. The molecular formula is C26H33N5O. The molecule has 0 saturated heterocycles. The number of imidazole rings is 1. The van der Waals surface area contributed by atoms with E-state index < -0.39 is 0 Å². The van der Waals surface area contributed by atoms with Crippen LogP contribution >= 0.6 is 0 Å². The summed E-state index contributed by atoms with van der Waals surface area (Å²) in [5.41, 5.74) is 2.46. The summed E-state index contributed by atoms with van der Waals surface area (Å²) in [6.07, 6.45) is 16.3. The third-order valence-corrected chi connectivity index (χ3v) is 6.35. The Balaban J connectivity index is 1.34. The molecule has 0 spiro atoms. The van der Waals surface area contributed by atoms with Crippen LogP contribution in [-0.4, -0.2) is 26.5 Å². The van der Waals surface area contributed by atoms with Gasteiger partial charge in [0, 0.05) is 36.9 Å². The van der Waals surface area contributed by atoms with E-state index in [1.54, 1.807) is 29.4 Å². The fraction of sp³-hybridized carbons (Fsp3) is 0.423. The van der Waals surface area contributed by atoms with E-state index in [9.17, 15) is 4.79 Å². The Morgan fingerprint density at radius 2 is 1.94 bits per heavy atom. The number of benzene rings is 1. The monoisotopic (exact) mass is 431 g/mol. The first-order valence-corrected chi connectivity index (χ1v) is 11.8. The van der Waals surface area contributed by atoms with Gasteiger partial charge in [-0.1, -0.05) is 56.7 Å². The Morgan fingerprint density at radius 1 is 1.12 bits per heavy atom. The SMILES string of the molecule is CC(CC1CCCCCC1)NCc1ccccc1NC(=O)c1ccc(-n2ccnc2)nc1. The summed E-state index contributed by atoms with van der Waals surface area (Å²) in [6, 6.07) is 12.1. The molecule has 4 rings (SSSR count). The van der Waals surface area contributed by atoms with Crippen LogP contribution < -0.4 is 10.6 Å². The molecule has 32 heavy (non-hydrogen) atoms. The number of hydrogen-bond acceptors (Lipinski definition) is 4. The molecule has 168 valence electrons. The molecule has 3 aromatic rings. The molecule has 1 fully saturated rings. The molecule has 2 aromatic heterocycles. The van der Waals surface area contributed by atoms with Crippen molar-refractivity contribution >= 4 is 11.6 Å². The number of anilines is 1. The highest BCUT2D eigenvalue weighted by atomic mass is 16.1. The zero-order chi connectivity index (χ0) is 22.2. The summed E-state index contributed by atoms with van der Waals surface area (Å²) in [6.45, 7) is 3.02. The van der Waals surface area contributed by atoms with Crippen LogP contribution in [0.3, 0.4) is 0 Å². The maximum atomic E-state index is 12.8. The van der Waals surface area contributed by atoms with Crippen molar-refractivity contribution in [1.82, 2.24) is 19.9 Å². The van der Waals surface area contributed by atoms with E-state index in [4.69, 9.17) is 0 Å². The molecule has 6 heteroatoms. The van der Waals surface area contributed by atoms with Crippen molar-refractivity contribution in [3.63, 3.8) is 0 Å². The molecule has 1 amide bonds. The van der Waals surface area contributed by atoms with E-state index in [0.29, 0.717) is 11.6 Å². The van der Waals surface area contributed by atoms with E-state index in [-0.39, 0.29) is 5.91 Å². The molecule has 1 aromatic carbocycles. The van der Waals surface area contributed by atoms with Crippen molar-refractivity contribution in [2.45, 2.75) is 64.5 Å². The van der Waals surface area contributed by atoms with Gasteiger partial charge in [-0.25, -0.2) is 9.97 Å². The van der Waals surface area contributed by atoms with Crippen molar-refractivity contribution < 1.29 is 4.79 Å². The van der Waals surface area contributed by atoms with Gasteiger partial charge in [0.1, 0.15) is 12.1 Å². The molecule has 1 aliphatic rings. The molecule has 0 bridgehead atoms. The predicted molar refractivity (Wildman–Crippen MR) is 128 cm³/mol. The largest absolute Gasteiger partial charge is 0.322 e. The van der Waals surface area contributed by atoms with Crippen molar-refractivity contribution in [3.8, 4) is 5.82 Å². The lowest BCUT2D eigenvalue weighted by Gasteiger charge is -2.21. The van der Waals surface area contributed by atoms with Crippen LogP contribution in [0.4, 0.5) is 5.69 Å². The normalized spacial score (nSPS) is 15.8. The Kier molecular flexibility index (Phi) is 7.67. The molecule has 0 radical (unpaired) electrons. The molecule has 1 saturated carbocycles. The van der Waals surface area contributed by atoms with Crippen LogP contribution in [0.1, 0.15) is 67.8 Å².